The lowest BCUT2D eigenvalue weighted by Gasteiger charge is -2.23. The molecule has 4 aromatic rings. The summed E-state index contributed by atoms with van der Waals surface area (Å²) in [4.78, 5) is 32.8. The molecule has 0 spiro atoms. The second kappa shape index (κ2) is 10.2. The van der Waals surface area contributed by atoms with E-state index in [1.54, 1.807) is 67.8 Å². The molecule has 2 heterocycles. The van der Waals surface area contributed by atoms with E-state index in [1.807, 2.05) is 13.0 Å². The van der Waals surface area contributed by atoms with E-state index < -0.39 is 17.7 Å². The van der Waals surface area contributed by atoms with Gasteiger partial charge in [-0.3, -0.25) is 14.5 Å². The molecule has 188 valence electrons. The average molecular weight is 535 g/mol. The van der Waals surface area contributed by atoms with Crippen molar-refractivity contribution < 1.29 is 24.2 Å². The van der Waals surface area contributed by atoms with Crippen LogP contribution < -0.4 is 14.4 Å². The van der Waals surface area contributed by atoms with Gasteiger partial charge in [-0.05, 0) is 66.6 Å². The first-order valence-corrected chi connectivity index (χ1v) is 12.8. The smallest absolute Gasteiger partial charge is 0.301 e. The second-order valence-electron chi connectivity index (χ2n) is 8.43. The summed E-state index contributed by atoms with van der Waals surface area (Å²) in [5.41, 5.74) is 1.62. The third kappa shape index (κ3) is 4.65. The summed E-state index contributed by atoms with van der Waals surface area (Å²) in [5, 5.41) is 12.2. The van der Waals surface area contributed by atoms with Crippen LogP contribution in [0, 0.1) is 0 Å². The van der Waals surface area contributed by atoms with Crippen LogP contribution in [0.5, 0.6) is 11.5 Å². The number of halogens is 1. The first kappa shape index (κ1) is 24.8. The van der Waals surface area contributed by atoms with Crippen molar-refractivity contribution in [3.05, 3.63) is 88.5 Å². The van der Waals surface area contributed by atoms with E-state index in [0.717, 1.165) is 11.1 Å². The Labute approximate surface area is 222 Å². The molecule has 1 unspecified atom stereocenters. The lowest BCUT2D eigenvalue weighted by molar-refractivity contribution is -0.132. The zero-order valence-electron chi connectivity index (χ0n) is 20.1. The van der Waals surface area contributed by atoms with E-state index in [2.05, 4.69) is 4.98 Å². The van der Waals surface area contributed by atoms with Crippen LogP contribution in [-0.2, 0) is 9.59 Å². The van der Waals surface area contributed by atoms with E-state index in [9.17, 15) is 14.7 Å². The van der Waals surface area contributed by atoms with Crippen molar-refractivity contribution in [2.75, 3.05) is 18.6 Å². The van der Waals surface area contributed by atoms with Gasteiger partial charge in [0.1, 0.15) is 17.3 Å². The minimum atomic E-state index is -0.914. The molecule has 5 rings (SSSR count). The molecule has 1 saturated heterocycles. The van der Waals surface area contributed by atoms with Gasteiger partial charge in [-0.2, -0.15) is 0 Å². The third-order valence-corrected chi connectivity index (χ3v) is 7.25. The Hall–Kier alpha value is -3.88. The van der Waals surface area contributed by atoms with Gasteiger partial charge in [-0.25, -0.2) is 4.98 Å². The van der Waals surface area contributed by atoms with E-state index >= 15 is 0 Å². The minimum absolute atomic E-state index is 0.0277. The van der Waals surface area contributed by atoms with Crippen LogP contribution in [0.3, 0.4) is 0 Å². The Morgan fingerprint density at radius 1 is 1.08 bits per heavy atom. The predicted octanol–water partition coefficient (Wildman–Crippen LogP) is 6.37. The zero-order valence-corrected chi connectivity index (χ0v) is 21.7. The predicted molar refractivity (Wildman–Crippen MR) is 145 cm³/mol. The maximum Gasteiger partial charge on any atom is 0.301 e. The average Bonchev–Trinajstić information content (AvgIpc) is 3.44. The quantitative estimate of drug-likeness (QED) is 0.168. The second-order valence-corrected chi connectivity index (χ2v) is 9.87. The Morgan fingerprint density at radius 3 is 2.59 bits per heavy atom. The first-order valence-electron chi connectivity index (χ1n) is 11.7. The number of Topliss-reactive ketones (excluding diaryl/α,β-unsaturated/α-hetero) is 1. The van der Waals surface area contributed by atoms with Gasteiger partial charge in [-0.15, -0.1) is 0 Å². The van der Waals surface area contributed by atoms with Crippen LogP contribution in [0.1, 0.15) is 30.5 Å². The molecule has 0 bridgehead atoms. The number of carbonyl (C=O) groups is 2. The van der Waals surface area contributed by atoms with Crippen LogP contribution in [0.15, 0.2) is 72.3 Å². The number of fused-ring (bicyclic) bond motifs is 1. The minimum Gasteiger partial charge on any atom is -0.507 e. The van der Waals surface area contributed by atoms with Crippen molar-refractivity contribution in [1.82, 2.24) is 4.98 Å². The number of anilines is 1. The largest absolute Gasteiger partial charge is 0.507 e. The fourth-order valence-electron chi connectivity index (χ4n) is 4.23. The van der Waals surface area contributed by atoms with E-state index in [1.165, 1.54) is 16.2 Å². The van der Waals surface area contributed by atoms with Gasteiger partial charge in [0.05, 0.1) is 35.5 Å². The molecule has 1 amide bonds. The highest BCUT2D eigenvalue weighted by atomic mass is 35.5. The molecular weight excluding hydrogens is 512 g/mol. The number of ether oxygens (including phenoxy) is 2. The molecule has 1 aromatic heterocycles. The van der Waals surface area contributed by atoms with Crippen LogP contribution in [-0.4, -0.2) is 35.5 Å². The van der Waals surface area contributed by atoms with Gasteiger partial charge in [0, 0.05) is 10.6 Å². The van der Waals surface area contributed by atoms with Crippen molar-refractivity contribution in [2.45, 2.75) is 19.4 Å². The van der Waals surface area contributed by atoms with Gasteiger partial charge >= 0.3 is 5.91 Å². The molecule has 1 atom stereocenters. The lowest BCUT2D eigenvalue weighted by atomic mass is 9.95. The number of rotatable bonds is 7. The van der Waals surface area contributed by atoms with Gasteiger partial charge < -0.3 is 14.6 Å². The standard InChI is InChI=1S/C28H23ClN2O5S/c1-3-13-36-20-6-4-5-17(14-20)24-23(25(32)16-7-10-19(35-2)11-8-16)26(33)27(34)31(24)28-30-21-12-9-18(29)15-22(21)37-28/h4-12,14-15,24,32H,3,13H2,1-2H3. The van der Waals surface area contributed by atoms with Crippen molar-refractivity contribution in [3.8, 4) is 11.5 Å². The van der Waals surface area contributed by atoms with E-state index in [-0.39, 0.29) is 11.3 Å². The van der Waals surface area contributed by atoms with Crippen LogP contribution in [0.25, 0.3) is 16.0 Å². The molecule has 9 heteroatoms. The highest BCUT2D eigenvalue weighted by Crippen LogP contribution is 2.45. The molecule has 0 radical (unpaired) electrons. The number of carbonyl (C=O) groups excluding carboxylic acids is 2. The zero-order chi connectivity index (χ0) is 26.1. The fourth-order valence-corrected chi connectivity index (χ4v) is 5.50. The number of amides is 1. The summed E-state index contributed by atoms with van der Waals surface area (Å²) in [5.74, 6) is -0.647. The number of thiazole rings is 1. The van der Waals surface area contributed by atoms with Crippen LogP contribution in [0.2, 0.25) is 5.02 Å². The number of benzene rings is 3. The summed E-state index contributed by atoms with van der Waals surface area (Å²) in [7, 11) is 1.54. The maximum atomic E-state index is 13.5. The molecule has 1 N–H and O–H groups in total. The van der Waals surface area contributed by atoms with Crippen LogP contribution >= 0.6 is 22.9 Å². The number of hydrogen-bond acceptors (Lipinski definition) is 7. The highest BCUT2D eigenvalue weighted by Gasteiger charge is 2.48. The third-order valence-electron chi connectivity index (χ3n) is 6.00. The maximum absolute atomic E-state index is 13.5. The molecule has 1 aliphatic rings. The molecule has 37 heavy (non-hydrogen) atoms. The number of aromatic nitrogens is 1. The van der Waals surface area contributed by atoms with Crippen molar-refractivity contribution in [3.63, 3.8) is 0 Å². The number of nitrogens with zero attached hydrogens (tertiary/aromatic N) is 2. The van der Waals surface area contributed by atoms with Crippen molar-refractivity contribution in [2.24, 2.45) is 0 Å². The molecule has 3 aromatic carbocycles. The van der Waals surface area contributed by atoms with Crippen molar-refractivity contribution in [1.29, 1.82) is 0 Å². The molecule has 1 fully saturated rings. The number of hydrogen-bond donors (Lipinski definition) is 1. The lowest BCUT2D eigenvalue weighted by Crippen LogP contribution is -2.29. The summed E-state index contributed by atoms with van der Waals surface area (Å²) < 4.78 is 11.8. The monoisotopic (exact) mass is 534 g/mol. The van der Waals surface area contributed by atoms with Gasteiger partial charge in [-0.1, -0.05) is 42.0 Å². The molecule has 1 aliphatic heterocycles. The molecule has 0 aliphatic carbocycles. The van der Waals surface area contributed by atoms with E-state index in [0.29, 0.717) is 44.9 Å². The molecule has 7 nitrogen and oxygen atoms in total. The first-order chi connectivity index (χ1) is 17.9. The van der Waals surface area contributed by atoms with Crippen LogP contribution in [0.4, 0.5) is 5.13 Å². The fraction of sp³-hybridized carbons (Fsp3) is 0.179. The van der Waals surface area contributed by atoms with Gasteiger partial charge in [0.2, 0.25) is 0 Å². The van der Waals surface area contributed by atoms with Crippen molar-refractivity contribution >= 4 is 55.7 Å². The Kier molecular flexibility index (Phi) is 6.86. The summed E-state index contributed by atoms with van der Waals surface area (Å²) >= 11 is 7.41. The SMILES string of the molecule is CCCOc1cccc(C2C(=C(O)c3ccc(OC)cc3)C(=O)C(=O)N2c2nc3ccc(Cl)cc3s2)c1. The Balaban J connectivity index is 1.69. The van der Waals surface area contributed by atoms with E-state index in [4.69, 9.17) is 21.1 Å². The number of methoxy groups -OCH3 is 1. The number of ketones is 1. The number of aliphatic hydroxyl groups is 1. The number of aliphatic hydroxyl groups excluding tert-OH is 1. The normalized spacial score (nSPS) is 16.9. The summed E-state index contributed by atoms with van der Waals surface area (Å²) in [6.45, 7) is 2.53. The highest BCUT2D eigenvalue weighted by molar-refractivity contribution is 7.22. The Morgan fingerprint density at radius 2 is 1.86 bits per heavy atom. The molecule has 0 saturated carbocycles. The van der Waals surface area contributed by atoms with Gasteiger partial charge in [0.25, 0.3) is 5.78 Å². The summed E-state index contributed by atoms with van der Waals surface area (Å²) in [6, 6.07) is 18.2. The Bertz CT molecular complexity index is 1530. The molecular formula is C28H23ClN2O5S. The summed E-state index contributed by atoms with van der Waals surface area (Å²) in [6.07, 6.45) is 0.828. The van der Waals surface area contributed by atoms with Gasteiger partial charge in [0.15, 0.2) is 5.13 Å². The topological polar surface area (TPSA) is 89.0 Å².